The van der Waals surface area contributed by atoms with Crippen molar-refractivity contribution in [3.63, 3.8) is 0 Å². The number of hydrogen-bond donors (Lipinski definition) is 2. The van der Waals surface area contributed by atoms with Crippen LogP contribution >= 0.6 is 0 Å². The number of rotatable bonds is 22. The van der Waals surface area contributed by atoms with E-state index in [0.717, 1.165) is 19.3 Å². The molecule has 2 aromatic carbocycles. The number of aliphatic carboxylic acids is 1. The molecule has 2 rings (SSSR count). The number of unbranched alkanes of at least 4 members (excludes halogenated alkanes) is 13. The summed E-state index contributed by atoms with van der Waals surface area (Å²) in [6.45, 7) is 2.25. The lowest BCUT2D eigenvalue weighted by Crippen LogP contribution is -2.21. The molecule has 0 aliphatic heterocycles. The third kappa shape index (κ3) is 12.0. The summed E-state index contributed by atoms with van der Waals surface area (Å²) >= 11 is 0. The second-order valence-electron chi connectivity index (χ2n) is 10.8. The van der Waals surface area contributed by atoms with Gasteiger partial charge in [-0.15, -0.1) is 0 Å². The fourth-order valence-electron chi connectivity index (χ4n) is 5.23. The van der Waals surface area contributed by atoms with Crippen molar-refractivity contribution in [1.29, 1.82) is 0 Å². The average Bonchev–Trinajstić information content (AvgIpc) is 2.98. The molecule has 0 fully saturated rings. The summed E-state index contributed by atoms with van der Waals surface area (Å²) < 4.78 is 16.1. The summed E-state index contributed by atoms with van der Waals surface area (Å²) in [5, 5.41) is 13.1. The van der Waals surface area contributed by atoms with E-state index in [-0.39, 0.29) is 11.3 Å². The second kappa shape index (κ2) is 19.8. The van der Waals surface area contributed by atoms with Gasteiger partial charge in [0.1, 0.15) is 17.2 Å². The maximum absolute atomic E-state index is 13.4. The predicted molar refractivity (Wildman–Crippen MR) is 166 cm³/mol. The normalized spacial score (nSPS) is 11.6. The van der Waals surface area contributed by atoms with Crippen molar-refractivity contribution in [3.8, 4) is 17.2 Å². The van der Waals surface area contributed by atoms with E-state index in [9.17, 15) is 14.7 Å². The zero-order valence-electron chi connectivity index (χ0n) is 25.6. The molecule has 2 aromatic rings. The highest BCUT2D eigenvalue weighted by Gasteiger charge is 2.29. The van der Waals surface area contributed by atoms with Crippen LogP contribution in [-0.4, -0.2) is 38.3 Å². The molecule has 2 N–H and O–H groups in total. The number of amides is 1. The van der Waals surface area contributed by atoms with Crippen LogP contribution in [0, 0.1) is 0 Å². The predicted octanol–water partition coefficient (Wildman–Crippen LogP) is 9.00. The summed E-state index contributed by atoms with van der Waals surface area (Å²) in [6, 6.07) is 10.2. The Hall–Kier alpha value is -3.22. The maximum atomic E-state index is 13.4. The minimum absolute atomic E-state index is 0.210. The molecule has 228 valence electrons. The van der Waals surface area contributed by atoms with Gasteiger partial charge in [-0.25, -0.2) is 0 Å². The fraction of sp³-hybridized carbons (Fsp3) is 0.588. The Kier molecular flexibility index (Phi) is 16.4. The lowest BCUT2D eigenvalue weighted by Gasteiger charge is -2.20. The van der Waals surface area contributed by atoms with Gasteiger partial charge in [-0.2, -0.15) is 0 Å². The zero-order valence-corrected chi connectivity index (χ0v) is 25.6. The first-order valence-corrected chi connectivity index (χ1v) is 15.4. The van der Waals surface area contributed by atoms with Gasteiger partial charge in [-0.05, 0) is 42.3 Å². The monoisotopic (exact) mass is 569 g/mol. The lowest BCUT2D eigenvalue weighted by molar-refractivity contribution is -0.139. The van der Waals surface area contributed by atoms with E-state index in [1.165, 1.54) is 84.8 Å². The Morgan fingerprint density at radius 3 is 1.68 bits per heavy atom. The highest BCUT2D eigenvalue weighted by molar-refractivity contribution is 6.08. The Bertz CT molecular complexity index is 1040. The molecule has 0 aliphatic carbocycles. The number of ether oxygens (including phenoxy) is 3. The van der Waals surface area contributed by atoms with Gasteiger partial charge in [0.05, 0.1) is 32.8 Å². The summed E-state index contributed by atoms with van der Waals surface area (Å²) in [5.41, 5.74) is 1.18. The van der Waals surface area contributed by atoms with Gasteiger partial charge in [0.2, 0.25) is 0 Å². The number of carbonyl (C=O) groups excluding carboxylic acids is 1. The topological polar surface area (TPSA) is 94.1 Å². The molecule has 0 aromatic heterocycles. The minimum Gasteiger partial charge on any atom is -0.497 e. The molecule has 0 heterocycles. The molecule has 0 radical (unpaired) electrons. The first kappa shape index (κ1) is 34.0. The van der Waals surface area contributed by atoms with Gasteiger partial charge in [0.25, 0.3) is 5.91 Å². The molecule has 0 saturated carbocycles. The van der Waals surface area contributed by atoms with Crippen molar-refractivity contribution < 1.29 is 28.9 Å². The molecule has 1 atom stereocenters. The highest BCUT2D eigenvalue weighted by atomic mass is 16.5. The fourth-order valence-corrected chi connectivity index (χ4v) is 5.23. The standard InChI is InChI=1S/C34H51NO6/c1-5-6-7-8-9-10-11-12-13-14-15-16-17-18-19-29(34(37)38)30-24-28(40-3)25-31(41-4)32(30)33(36)35-26-20-22-27(39-2)23-21-26/h20-25,29H,5-19H2,1-4H3,(H,35,36)(H,37,38). The van der Waals surface area contributed by atoms with E-state index in [0.29, 0.717) is 29.2 Å². The molecule has 0 spiro atoms. The van der Waals surface area contributed by atoms with Gasteiger partial charge in [0, 0.05) is 11.8 Å². The molecular weight excluding hydrogens is 518 g/mol. The summed E-state index contributed by atoms with van der Waals surface area (Å²) in [4.78, 5) is 25.9. The zero-order chi connectivity index (χ0) is 29.9. The molecule has 1 amide bonds. The molecule has 0 saturated heterocycles. The molecule has 1 unspecified atom stereocenters. The van der Waals surface area contributed by atoms with E-state index < -0.39 is 17.8 Å². The van der Waals surface area contributed by atoms with Crippen LogP contribution in [0.25, 0.3) is 0 Å². The highest BCUT2D eigenvalue weighted by Crippen LogP contribution is 2.36. The number of methoxy groups -OCH3 is 3. The van der Waals surface area contributed by atoms with E-state index in [4.69, 9.17) is 14.2 Å². The first-order valence-electron chi connectivity index (χ1n) is 15.4. The van der Waals surface area contributed by atoms with Crippen molar-refractivity contribution in [1.82, 2.24) is 0 Å². The molecule has 0 bridgehead atoms. The lowest BCUT2D eigenvalue weighted by atomic mass is 9.88. The number of hydrogen-bond acceptors (Lipinski definition) is 5. The van der Waals surface area contributed by atoms with Gasteiger partial charge in [-0.1, -0.05) is 96.8 Å². The van der Waals surface area contributed by atoms with Crippen LogP contribution in [0.3, 0.4) is 0 Å². The minimum atomic E-state index is -0.964. The third-order valence-electron chi connectivity index (χ3n) is 7.66. The Balaban J connectivity index is 1.94. The molecular formula is C34H51NO6. The molecule has 7 nitrogen and oxygen atoms in total. The van der Waals surface area contributed by atoms with Crippen LogP contribution < -0.4 is 19.5 Å². The molecule has 7 heteroatoms. The summed E-state index contributed by atoms with van der Waals surface area (Å²) in [6.07, 6.45) is 17.8. The quantitative estimate of drug-likeness (QED) is 0.137. The number of carbonyl (C=O) groups is 2. The van der Waals surface area contributed by atoms with Crippen LogP contribution in [0.2, 0.25) is 0 Å². The third-order valence-corrected chi connectivity index (χ3v) is 7.66. The summed E-state index contributed by atoms with van der Waals surface area (Å²) in [5.74, 6) is -0.856. The van der Waals surface area contributed by atoms with E-state index >= 15 is 0 Å². The molecule has 41 heavy (non-hydrogen) atoms. The Morgan fingerprint density at radius 2 is 1.22 bits per heavy atom. The van der Waals surface area contributed by atoms with Crippen LogP contribution in [0.15, 0.2) is 36.4 Å². The molecule has 0 aliphatic rings. The van der Waals surface area contributed by atoms with Gasteiger partial charge < -0.3 is 24.6 Å². The van der Waals surface area contributed by atoms with Crippen LogP contribution in [0.5, 0.6) is 17.2 Å². The first-order chi connectivity index (χ1) is 19.9. The SMILES string of the molecule is CCCCCCCCCCCCCCCCC(C(=O)O)c1cc(OC)cc(OC)c1C(=O)Nc1ccc(OC)cc1. The van der Waals surface area contributed by atoms with Crippen molar-refractivity contribution in [2.24, 2.45) is 0 Å². The van der Waals surface area contributed by atoms with Crippen molar-refractivity contribution in [3.05, 3.63) is 47.5 Å². The largest absolute Gasteiger partial charge is 0.497 e. The van der Waals surface area contributed by atoms with E-state index in [1.807, 2.05) is 0 Å². The smallest absolute Gasteiger partial charge is 0.311 e. The van der Waals surface area contributed by atoms with Crippen molar-refractivity contribution >= 4 is 17.6 Å². The number of carboxylic acid groups (broad SMARTS) is 1. The maximum Gasteiger partial charge on any atom is 0.311 e. The average molecular weight is 570 g/mol. The Labute approximate surface area is 247 Å². The number of carboxylic acids is 1. The van der Waals surface area contributed by atoms with Crippen LogP contribution in [-0.2, 0) is 4.79 Å². The van der Waals surface area contributed by atoms with Gasteiger partial charge in [0.15, 0.2) is 0 Å². The van der Waals surface area contributed by atoms with E-state index in [1.54, 1.807) is 43.5 Å². The van der Waals surface area contributed by atoms with Crippen LogP contribution in [0.1, 0.15) is 125 Å². The summed E-state index contributed by atoms with van der Waals surface area (Å²) in [7, 11) is 4.55. The Morgan fingerprint density at radius 1 is 0.707 bits per heavy atom. The van der Waals surface area contributed by atoms with Gasteiger partial charge >= 0.3 is 5.97 Å². The van der Waals surface area contributed by atoms with Crippen molar-refractivity contribution in [2.45, 2.75) is 109 Å². The number of nitrogens with one attached hydrogen (secondary N) is 1. The van der Waals surface area contributed by atoms with Gasteiger partial charge in [-0.3, -0.25) is 9.59 Å². The van der Waals surface area contributed by atoms with E-state index in [2.05, 4.69) is 12.2 Å². The van der Waals surface area contributed by atoms with Crippen LogP contribution in [0.4, 0.5) is 5.69 Å². The van der Waals surface area contributed by atoms with Crippen molar-refractivity contribution in [2.75, 3.05) is 26.6 Å². The number of benzene rings is 2. The second-order valence-corrected chi connectivity index (χ2v) is 10.8. The number of anilines is 1.